The number of carbonyl (C=O) groups is 1. The third-order valence-corrected chi connectivity index (χ3v) is 2.87. The molecule has 4 nitrogen and oxygen atoms in total. The van der Waals surface area contributed by atoms with E-state index in [0.29, 0.717) is 23.8 Å². The minimum absolute atomic E-state index is 0.0441. The van der Waals surface area contributed by atoms with Crippen molar-refractivity contribution in [2.45, 2.75) is 19.8 Å². The Morgan fingerprint density at radius 1 is 1.30 bits per heavy atom. The number of hydrogen-bond donors (Lipinski definition) is 3. The van der Waals surface area contributed by atoms with E-state index >= 15 is 0 Å². The van der Waals surface area contributed by atoms with Gasteiger partial charge in [-0.3, -0.25) is 4.79 Å². The summed E-state index contributed by atoms with van der Waals surface area (Å²) in [6.07, 6.45) is 3.80. The number of rotatable bonds is 7. The molecule has 3 N–H and O–H groups in total. The van der Waals surface area contributed by atoms with E-state index in [1.54, 1.807) is 18.2 Å². The lowest BCUT2D eigenvalue weighted by Gasteiger charge is -2.09. The number of carbonyl (C=O) groups excluding carboxylic acids is 1. The molecular weight excluding hydrogens is 270 g/mol. The van der Waals surface area contributed by atoms with Crippen molar-refractivity contribution in [1.29, 1.82) is 0 Å². The van der Waals surface area contributed by atoms with Crippen LogP contribution in [0.3, 0.4) is 0 Å². The Morgan fingerprint density at radius 2 is 2.00 bits per heavy atom. The zero-order valence-corrected chi connectivity index (χ0v) is 12.6. The molecule has 1 rings (SSSR count). The fraction of sp³-hybridized carbons (Fsp3) is 0.333. The molecule has 0 aromatic heterocycles. The first-order valence-corrected chi connectivity index (χ1v) is 7.12. The van der Waals surface area contributed by atoms with Crippen LogP contribution in [0.15, 0.2) is 36.9 Å². The maximum Gasteiger partial charge on any atom is 0.251 e. The summed E-state index contributed by atoms with van der Waals surface area (Å²) in [5.41, 5.74) is 1.49. The van der Waals surface area contributed by atoms with Crippen molar-refractivity contribution in [2.75, 3.05) is 18.4 Å². The Kier molecular flexibility index (Phi) is 7.35. The summed E-state index contributed by atoms with van der Waals surface area (Å²) < 4.78 is 0. The molecule has 0 saturated carbocycles. The van der Waals surface area contributed by atoms with E-state index in [1.165, 1.54) is 0 Å². The highest BCUT2D eigenvalue weighted by atomic mass is 32.1. The van der Waals surface area contributed by atoms with Gasteiger partial charge in [-0.05, 0) is 42.9 Å². The Hall–Kier alpha value is -1.88. The maximum atomic E-state index is 11.8. The van der Waals surface area contributed by atoms with Gasteiger partial charge in [0, 0.05) is 24.3 Å². The highest BCUT2D eigenvalue weighted by Crippen LogP contribution is 2.09. The summed E-state index contributed by atoms with van der Waals surface area (Å²) in [5, 5.41) is 9.42. The first-order valence-electron chi connectivity index (χ1n) is 6.71. The van der Waals surface area contributed by atoms with Gasteiger partial charge in [0.2, 0.25) is 0 Å². The molecule has 1 amide bonds. The highest BCUT2D eigenvalue weighted by Gasteiger charge is 2.04. The van der Waals surface area contributed by atoms with Gasteiger partial charge >= 0.3 is 0 Å². The van der Waals surface area contributed by atoms with Crippen LogP contribution in [-0.2, 0) is 0 Å². The summed E-state index contributed by atoms with van der Waals surface area (Å²) in [5.74, 6) is -0.0441. The standard InChI is InChI=1S/C15H21N3OS/c1-3-5-11-16-14(19)12-6-8-13(9-7-12)18-15(20)17-10-4-2/h4,6-9H,2-3,5,10-11H2,1H3,(H,16,19)(H2,17,18,20). The molecular formula is C15H21N3OS. The molecule has 5 heteroatoms. The second kappa shape index (κ2) is 9.09. The minimum atomic E-state index is -0.0441. The molecule has 0 aliphatic rings. The van der Waals surface area contributed by atoms with Gasteiger partial charge in [-0.1, -0.05) is 19.4 Å². The summed E-state index contributed by atoms with van der Waals surface area (Å²) in [7, 11) is 0. The SMILES string of the molecule is C=CCNC(=S)Nc1ccc(C(=O)NCCCC)cc1. The van der Waals surface area contributed by atoms with E-state index in [0.717, 1.165) is 18.5 Å². The average molecular weight is 291 g/mol. The first kappa shape index (κ1) is 16.2. The van der Waals surface area contributed by atoms with Gasteiger partial charge in [-0.25, -0.2) is 0 Å². The third kappa shape index (κ3) is 5.84. The molecule has 1 aromatic carbocycles. The zero-order chi connectivity index (χ0) is 14.8. The number of anilines is 1. The number of hydrogen-bond acceptors (Lipinski definition) is 2. The van der Waals surface area contributed by atoms with Crippen molar-refractivity contribution in [1.82, 2.24) is 10.6 Å². The van der Waals surface area contributed by atoms with Gasteiger partial charge < -0.3 is 16.0 Å². The van der Waals surface area contributed by atoms with Crippen molar-refractivity contribution < 1.29 is 4.79 Å². The number of nitrogens with one attached hydrogen (secondary N) is 3. The lowest BCUT2D eigenvalue weighted by molar-refractivity contribution is 0.0953. The van der Waals surface area contributed by atoms with Crippen LogP contribution in [0.2, 0.25) is 0 Å². The van der Waals surface area contributed by atoms with Gasteiger partial charge in [0.25, 0.3) is 5.91 Å². The summed E-state index contributed by atoms with van der Waals surface area (Å²) >= 11 is 5.11. The van der Waals surface area contributed by atoms with Crippen LogP contribution >= 0.6 is 12.2 Å². The molecule has 0 unspecified atom stereocenters. The normalized spacial score (nSPS) is 9.65. The summed E-state index contributed by atoms with van der Waals surface area (Å²) in [6, 6.07) is 7.21. The molecule has 1 aromatic rings. The van der Waals surface area contributed by atoms with Crippen LogP contribution in [0, 0.1) is 0 Å². The van der Waals surface area contributed by atoms with Crippen molar-refractivity contribution in [3.8, 4) is 0 Å². The first-order chi connectivity index (χ1) is 9.67. The molecule has 0 spiro atoms. The number of thiocarbonyl (C=S) groups is 1. The van der Waals surface area contributed by atoms with Crippen LogP contribution < -0.4 is 16.0 Å². The number of amides is 1. The van der Waals surface area contributed by atoms with Gasteiger partial charge in [0.05, 0.1) is 0 Å². The van der Waals surface area contributed by atoms with E-state index in [4.69, 9.17) is 12.2 Å². The molecule has 0 aliphatic heterocycles. The second-order valence-electron chi connectivity index (χ2n) is 4.31. The molecule has 0 radical (unpaired) electrons. The predicted molar refractivity (Wildman–Crippen MR) is 88.1 cm³/mol. The summed E-state index contributed by atoms with van der Waals surface area (Å²) in [4.78, 5) is 11.8. The maximum absolute atomic E-state index is 11.8. The molecule has 0 atom stereocenters. The average Bonchev–Trinajstić information content (AvgIpc) is 2.46. The Bertz CT molecular complexity index is 457. The van der Waals surface area contributed by atoms with Crippen LogP contribution in [0.5, 0.6) is 0 Å². The minimum Gasteiger partial charge on any atom is -0.359 e. The third-order valence-electron chi connectivity index (χ3n) is 2.63. The topological polar surface area (TPSA) is 53.2 Å². The Balaban J connectivity index is 2.49. The molecule has 20 heavy (non-hydrogen) atoms. The molecule has 0 heterocycles. The monoisotopic (exact) mass is 291 g/mol. The van der Waals surface area contributed by atoms with E-state index in [1.807, 2.05) is 12.1 Å². The molecule has 0 bridgehead atoms. The lowest BCUT2D eigenvalue weighted by atomic mass is 10.2. The molecule has 0 saturated heterocycles. The van der Waals surface area contributed by atoms with Crippen molar-refractivity contribution in [3.05, 3.63) is 42.5 Å². The number of unbranched alkanes of at least 4 members (excludes halogenated alkanes) is 1. The second-order valence-corrected chi connectivity index (χ2v) is 4.72. The van der Waals surface area contributed by atoms with Crippen LogP contribution in [-0.4, -0.2) is 24.1 Å². The Morgan fingerprint density at radius 3 is 2.60 bits per heavy atom. The van der Waals surface area contributed by atoms with Gasteiger partial charge in [0.1, 0.15) is 0 Å². The van der Waals surface area contributed by atoms with E-state index in [2.05, 4.69) is 29.5 Å². The van der Waals surface area contributed by atoms with Gasteiger partial charge in [0.15, 0.2) is 5.11 Å². The Labute approximate surface area is 125 Å². The number of benzene rings is 1. The quantitative estimate of drug-likeness (QED) is 0.411. The zero-order valence-electron chi connectivity index (χ0n) is 11.7. The lowest BCUT2D eigenvalue weighted by Crippen LogP contribution is -2.28. The largest absolute Gasteiger partial charge is 0.359 e. The van der Waals surface area contributed by atoms with E-state index < -0.39 is 0 Å². The smallest absolute Gasteiger partial charge is 0.251 e. The van der Waals surface area contributed by atoms with Crippen LogP contribution in [0.25, 0.3) is 0 Å². The van der Waals surface area contributed by atoms with Crippen LogP contribution in [0.1, 0.15) is 30.1 Å². The van der Waals surface area contributed by atoms with E-state index in [9.17, 15) is 4.79 Å². The predicted octanol–water partition coefficient (Wildman–Crippen LogP) is 2.69. The van der Waals surface area contributed by atoms with Crippen molar-refractivity contribution in [3.63, 3.8) is 0 Å². The summed E-state index contributed by atoms with van der Waals surface area (Å²) in [6.45, 7) is 7.03. The van der Waals surface area contributed by atoms with E-state index in [-0.39, 0.29) is 5.91 Å². The fourth-order valence-corrected chi connectivity index (χ4v) is 1.73. The van der Waals surface area contributed by atoms with Gasteiger partial charge in [-0.15, -0.1) is 6.58 Å². The highest BCUT2D eigenvalue weighted by molar-refractivity contribution is 7.80. The molecule has 108 valence electrons. The molecule has 0 fully saturated rings. The van der Waals surface area contributed by atoms with Crippen molar-refractivity contribution in [2.24, 2.45) is 0 Å². The fourth-order valence-electron chi connectivity index (χ4n) is 1.53. The van der Waals surface area contributed by atoms with Crippen molar-refractivity contribution >= 4 is 28.9 Å². The van der Waals surface area contributed by atoms with Crippen LogP contribution in [0.4, 0.5) is 5.69 Å². The van der Waals surface area contributed by atoms with Gasteiger partial charge in [-0.2, -0.15) is 0 Å². The molecule has 0 aliphatic carbocycles.